The van der Waals surface area contributed by atoms with Gasteiger partial charge in [-0.1, -0.05) is 29.3 Å². The largest absolute Gasteiger partial charge is 0.423 e. The zero-order valence-corrected chi connectivity index (χ0v) is 11.6. The van der Waals surface area contributed by atoms with Crippen molar-refractivity contribution in [2.45, 2.75) is 6.92 Å². The van der Waals surface area contributed by atoms with Gasteiger partial charge in [-0.05, 0) is 42.8 Å². The minimum absolute atomic E-state index is 0.430. The Labute approximate surface area is 120 Å². The lowest BCUT2D eigenvalue weighted by Crippen LogP contribution is -1.89. The van der Waals surface area contributed by atoms with Crippen LogP contribution in [0.25, 0.3) is 11.1 Å². The Bertz CT molecular complexity index is 752. The summed E-state index contributed by atoms with van der Waals surface area (Å²) in [6.07, 6.45) is 0. The lowest BCUT2D eigenvalue weighted by atomic mass is 10.2. The molecule has 1 N–H and O–H groups in total. The Morgan fingerprint density at radius 3 is 2.68 bits per heavy atom. The second kappa shape index (κ2) is 4.76. The van der Waals surface area contributed by atoms with Gasteiger partial charge in [0.1, 0.15) is 5.52 Å². The number of benzene rings is 2. The summed E-state index contributed by atoms with van der Waals surface area (Å²) in [6, 6.07) is 11.5. The summed E-state index contributed by atoms with van der Waals surface area (Å²) in [5.74, 6) is 0. The molecule has 0 aliphatic carbocycles. The maximum absolute atomic E-state index is 5.96. The number of oxazole rings is 1. The summed E-state index contributed by atoms with van der Waals surface area (Å²) in [4.78, 5) is 4.37. The van der Waals surface area contributed by atoms with Gasteiger partial charge in [0.2, 0.25) is 0 Å². The molecular formula is C14H10Cl2N2O. The van der Waals surface area contributed by atoms with Crippen LogP contribution in [0.5, 0.6) is 0 Å². The van der Waals surface area contributed by atoms with Crippen LogP contribution in [0.2, 0.25) is 10.0 Å². The molecule has 0 radical (unpaired) electrons. The van der Waals surface area contributed by atoms with Crippen molar-refractivity contribution in [1.82, 2.24) is 4.98 Å². The molecule has 1 heterocycles. The average Bonchev–Trinajstić information content (AvgIpc) is 2.75. The molecule has 3 aromatic rings. The fraction of sp³-hybridized carbons (Fsp3) is 0.0714. The van der Waals surface area contributed by atoms with Gasteiger partial charge in [-0.3, -0.25) is 0 Å². The molecule has 0 bridgehead atoms. The van der Waals surface area contributed by atoms with Crippen molar-refractivity contribution in [1.29, 1.82) is 0 Å². The Hall–Kier alpha value is -1.71. The van der Waals surface area contributed by atoms with E-state index < -0.39 is 0 Å². The van der Waals surface area contributed by atoms with E-state index in [4.69, 9.17) is 27.6 Å². The highest BCUT2D eigenvalue weighted by molar-refractivity contribution is 6.42. The number of anilines is 2. The molecule has 0 amide bonds. The van der Waals surface area contributed by atoms with Gasteiger partial charge in [-0.2, -0.15) is 4.98 Å². The minimum Gasteiger partial charge on any atom is -0.423 e. The van der Waals surface area contributed by atoms with Crippen molar-refractivity contribution in [2.24, 2.45) is 0 Å². The van der Waals surface area contributed by atoms with Gasteiger partial charge in [-0.25, -0.2) is 0 Å². The second-order valence-electron chi connectivity index (χ2n) is 4.24. The molecule has 0 saturated heterocycles. The van der Waals surface area contributed by atoms with Crippen LogP contribution in [0.3, 0.4) is 0 Å². The van der Waals surface area contributed by atoms with Crippen molar-refractivity contribution >= 4 is 46.0 Å². The van der Waals surface area contributed by atoms with Crippen LogP contribution in [0.4, 0.5) is 11.7 Å². The van der Waals surface area contributed by atoms with E-state index in [2.05, 4.69) is 10.3 Å². The molecule has 0 saturated carbocycles. The predicted octanol–water partition coefficient (Wildman–Crippen LogP) is 5.19. The molecule has 0 unspecified atom stereocenters. The maximum Gasteiger partial charge on any atom is 0.300 e. The summed E-state index contributed by atoms with van der Waals surface area (Å²) < 4.78 is 5.60. The molecule has 2 aromatic carbocycles. The number of rotatable bonds is 2. The first-order valence-corrected chi connectivity index (χ1v) is 6.47. The van der Waals surface area contributed by atoms with E-state index in [1.165, 1.54) is 0 Å². The lowest BCUT2D eigenvalue weighted by molar-refractivity contribution is 0.623. The SMILES string of the molecule is Cc1ccc2oc(Nc3ccc(Cl)c(Cl)c3)nc2c1. The van der Waals surface area contributed by atoms with Gasteiger partial charge in [-0.15, -0.1) is 0 Å². The van der Waals surface area contributed by atoms with Crippen molar-refractivity contribution in [2.75, 3.05) is 5.32 Å². The van der Waals surface area contributed by atoms with Crippen molar-refractivity contribution in [3.63, 3.8) is 0 Å². The molecule has 5 heteroatoms. The Morgan fingerprint density at radius 1 is 1.05 bits per heavy atom. The van der Waals surface area contributed by atoms with Crippen LogP contribution in [0.15, 0.2) is 40.8 Å². The summed E-state index contributed by atoms with van der Waals surface area (Å²) >= 11 is 11.8. The Balaban J connectivity index is 1.94. The third-order valence-electron chi connectivity index (χ3n) is 2.71. The summed E-state index contributed by atoms with van der Waals surface area (Å²) in [6.45, 7) is 2.01. The molecular weight excluding hydrogens is 283 g/mol. The zero-order valence-electron chi connectivity index (χ0n) is 10.1. The lowest BCUT2D eigenvalue weighted by Gasteiger charge is -2.02. The van der Waals surface area contributed by atoms with E-state index >= 15 is 0 Å². The first-order chi connectivity index (χ1) is 9.11. The Kier molecular flexibility index (Phi) is 3.09. The number of aromatic nitrogens is 1. The van der Waals surface area contributed by atoms with Gasteiger partial charge >= 0.3 is 0 Å². The van der Waals surface area contributed by atoms with E-state index in [0.717, 1.165) is 22.4 Å². The predicted molar refractivity (Wildman–Crippen MR) is 78.5 cm³/mol. The number of hydrogen-bond acceptors (Lipinski definition) is 3. The number of fused-ring (bicyclic) bond motifs is 1. The van der Waals surface area contributed by atoms with Gasteiger partial charge in [0.05, 0.1) is 10.0 Å². The highest BCUT2D eigenvalue weighted by Gasteiger charge is 2.07. The molecule has 0 atom stereocenters. The van der Waals surface area contributed by atoms with E-state index in [1.54, 1.807) is 12.1 Å². The maximum atomic E-state index is 5.96. The van der Waals surface area contributed by atoms with Gasteiger partial charge in [0.25, 0.3) is 6.01 Å². The average molecular weight is 293 g/mol. The van der Waals surface area contributed by atoms with E-state index in [-0.39, 0.29) is 0 Å². The fourth-order valence-electron chi connectivity index (χ4n) is 1.79. The van der Waals surface area contributed by atoms with Gasteiger partial charge < -0.3 is 9.73 Å². The van der Waals surface area contributed by atoms with E-state index in [9.17, 15) is 0 Å². The van der Waals surface area contributed by atoms with Gasteiger partial charge in [0, 0.05) is 5.69 Å². The molecule has 1 aromatic heterocycles. The van der Waals surface area contributed by atoms with Crippen LogP contribution in [-0.4, -0.2) is 4.98 Å². The van der Waals surface area contributed by atoms with Crippen molar-refractivity contribution < 1.29 is 4.42 Å². The first-order valence-electron chi connectivity index (χ1n) is 5.71. The first kappa shape index (κ1) is 12.3. The van der Waals surface area contributed by atoms with Crippen LogP contribution in [-0.2, 0) is 0 Å². The Morgan fingerprint density at radius 2 is 1.89 bits per heavy atom. The molecule has 0 fully saturated rings. The number of halogens is 2. The van der Waals surface area contributed by atoms with Crippen LogP contribution < -0.4 is 5.32 Å². The molecule has 0 spiro atoms. The van der Waals surface area contributed by atoms with E-state index in [1.807, 2.05) is 31.2 Å². The number of nitrogens with zero attached hydrogens (tertiary/aromatic N) is 1. The molecule has 0 aliphatic rings. The quantitative estimate of drug-likeness (QED) is 0.706. The molecule has 96 valence electrons. The smallest absolute Gasteiger partial charge is 0.300 e. The molecule has 19 heavy (non-hydrogen) atoms. The summed E-state index contributed by atoms with van der Waals surface area (Å²) in [5.41, 5.74) is 3.48. The number of aryl methyl sites for hydroxylation is 1. The zero-order chi connectivity index (χ0) is 13.4. The van der Waals surface area contributed by atoms with E-state index in [0.29, 0.717) is 16.1 Å². The minimum atomic E-state index is 0.430. The molecule has 3 rings (SSSR count). The van der Waals surface area contributed by atoms with Crippen molar-refractivity contribution in [3.8, 4) is 0 Å². The number of nitrogens with one attached hydrogen (secondary N) is 1. The third-order valence-corrected chi connectivity index (χ3v) is 3.45. The van der Waals surface area contributed by atoms with Crippen LogP contribution >= 0.6 is 23.2 Å². The monoisotopic (exact) mass is 292 g/mol. The van der Waals surface area contributed by atoms with Crippen LogP contribution in [0.1, 0.15) is 5.56 Å². The third kappa shape index (κ3) is 2.53. The number of hydrogen-bond donors (Lipinski definition) is 1. The second-order valence-corrected chi connectivity index (χ2v) is 5.06. The molecule has 0 aliphatic heterocycles. The highest BCUT2D eigenvalue weighted by Crippen LogP contribution is 2.28. The standard InChI is InChI=1S/C14H10Cl2N2O/c1-8-2-5-13-12(6-8)18-14(19-13)17-9-3-4-10(15)11(16)7-9/h2-7H,1H3,(H,17,18). The topological polar surface area (TPSA) is 38.1 Å². The highest BCUT2D eigenvalue weighted by atomic mass is 35.5. The van der Waals surface area contributed by atoms with Gasteiger partial charge in [0.15, 0.2) is 5.58 Å². The van der Waals surface area contributed by atoms with Crippen LogP contribution in [0, 0.1) is 6.92 Å². The summed E-state index contributed by atoms with van der Waals surface area (Å²) in [5, 5.41) is 4.06. The molecule has 3 nitrogen and oxygen atoms in total. The normalized spacial score (nSPS) is 10.9. The van der Waals surface area contributed by atoms with Crippen molar-refractivity contribution in [3.05, 3.63) is 52.0 Å². The fourth-order valence-corrected chi connectivity index (χ4v) is 2.09. The summed E-state index contributed by atoms with van der Waals surface area (Å²) in [7, 11) is 0.